The minimum Gasteiger partial charge on any atom is -0.497 e. The first-order valence-corrected chi connectivity index (χ1v) is 9.63. The van der Waals surface area contributed by atoms with E-state index in [0.717, 1.165) is 35.5 Å². The molecule has 0 saturated carbocycles. The number of benzene rings is 2. The van der Waals surface area contributed by atoms with Crippen molar-refractivity contribution in [2.24, 2.45) is 0 Å². The number of nitrogens with zero attached hydrogens (tertiary/aromatic N) is 1. The third-order valence-electron chi connectivity index (χ3n) is 5.48. The van der Waals surface area contributed by atoms with Crippen LogP contribution in [0.25, 0.3) is 0 Å². The zero-order valence-corrected chi connectivity index (χ0v) is 15.9. The Morgan fingerprint density at radius 3 is 2.71 bits per heavy atom. The molecule has 146 valence electrons. The number of aryl methyl sites for hydroxylation is 1. The summed E-state index contributed by atoms with van der Waals surface area (Å²) in [6.07, 6.45) is 2.92. The minimum absolute atomic E-state index is 0.164. The lowest BCUT2D eigenvalue weighted by Gasteiger charge is -2.33. The SMILES string of the molecule is COc1ccc2c(c1)CCC[C@]21NC(=O)N(CCCOc2ccccc2)C1=O. The Labute approximate surface area is 164 Å². The maximum Gasteiger partial charge on any atom is 0.325 e. The fourth-order valence-electron chi connectivity index (χ4n) is 4.11. The van der Waals surface area contributed by atoms with Gasteiger partial charge in [0.25, 0.3) is 5.91 Å². The average Bonchev–Trinajstić information content (AvgIpc) is 2.96. The average molecular weight is 380 g/mol. The molecule has 2 aromatic carbocycles. The van der Waals surface area contributed by atoms with Crippen molar-refractivity contribution >= 4 is 11.9 Å². The minimum atomic E-state index is -0.947. The Kier molecular flexibility index (Phi) is 4.94. The molecule has 1 fully saturated rings. The number of ether oxygens (including phenoxy) is 2. The fourth-order valence-corrected chi connectivity index (χ4v) is 4.11. The second-order valence-corrected chi connectivity index (χ2v) is 7.18. The molecule has 1 N–H and O–H groups in total. The Hall–Kier alpha value is -3.02. The molecule has 0 aromatic heterocycles. The number of carbonyl (C=O) groups excluding carboxylic acids is 2. The maximum absolute atomic E-state index is 13.2. The molecule has 0 radical (unpaired) electrons. The van der Waals surface area contributed by atoms with Gasteiger partial charge in [0, 0.05) is 6.54 Å². The van der Waals surface area contributed by atoms with Gasteiger partial charge in [-0.05, 0) is 61.1 Å². The first-order chi connectivity index (χ1) is 13.6. The van der Waals surface area contributed by atoms with Gasteiger partial charge in [0.2, 0.25) is 0 Å². The summed E-state index contributed by atoms with van der Waals surface area (Å²) in [5, 5.41) is 2.98. The van der Waals surface area contributed by atoms with Gasteiger partial charge in [-0.25, -0.2) is 4.79 Å². The lowest BCUT2D eigenvalue weighted by molar-refractivity contribution is -0.132. The third kappa shape index (κ3) is 3.19. The molecule has 1 aliphatic heterocycles. The fraction of sp³-hybridized carbons (Fsp3) is 0.364. The Bertz CT molecular complexity index is 883. The molecule has 1 heterocycles. The van der Waals surface area contributed by atoms with Crippen LogP contribution < -0.4 is 14.8 Å². The zero-order chi connectivity index (χ0) is 19.6. The number of nitrogens with one attached hydrogen (secondary N) is 1. The van der Waals surface area contributed by atoms with Crippen LogP contribution in [0, 0.1) is 0 Å². The van der Waals surface area contributed by atoms with Gasteiger partial charge in [0.1, 0.15) is 17.0 Å². The first kappa shape index (κ1) is 18.3. The van der Waals surface area contributed by atoms with E-state index in [0.29, 0.717) is 26.0 Å². The highest BCUT2D eigenvalue weighted by atomic mass is 16.5. The van der Waals surface area contributed by atoms with Crippen LogP contribution in [0.4, 0.5) is 4.79 Å². The predicted octanol–water partition coefficient (Wildman–Crippen LogP) is 3.25. The maximum atomic E-state index is 13.2. The molecule has 1 atom stereocenters. The molecule has 3 amide bonds. The van der Waals surface area contributed by atoms with E-state index in [-0.39, 0.29) is 11.9 Å². The van der Waals surface area contributed by atoms with Crippen LogP contribution in [0.2, 0.25) is 0 Å². The molecule has 1 aliphatic carbocycles. The first-order valence-electron chi connectivity index (χ1n) is 9.63. The van der Waals surface area contributed by atoms with Crippen LogP contribution in [0.15, 0.2) is 48.5 Å². The predicted molar refractivity (Wildman–Crippen MR) is 104 cm³/mol. The molecule has 2 aliphatic rings. The Morgan fingerprint density at radius 2 is 1.93 bits per heavy atom. The summed E-state index contributed by atoms with van der Waals surface area (Å²) in [6.45, 7) is 0.784. The third-order valence-corrected chi connectivity index (χ3v) is 5.48. The summed E-state index contributed by atoms with van der Waals surface area (Å²) in [5.74, 6) is 1.39. The summed E-state index contributed by atoms with van der Waals surface area (Å²) in [4.78, 5) is 27.2. The molecular formula is C22H24N2O4. The van der Waals surface area contributed by atoms with Crippen LogP contribution in [0.5, 0.6) is 11.5 Å². The molecule has 6 heteroatoms. The van der Waals surface area contributed by atoms with Crippen molar-refractivity contribution in [3.63, 3.8) is 0 Å². The lowest BCUT2D eigenvalue weighted by atomic mass is 9.76. The molecule has 0 unspecified atom stereocenters. The topological polar surface area (TPSA) is 67.9 Å². The Balaban J connectivity index is 1.46. The van der Waals surface area contributed by atoms with Gasteiger partial charge in [-0.2, -0.15) is 0 Å². The molecule has 28 heavy (non-hydrogen) atoms. The van der Waals surface area contributed by atoms with Crippen LogP contribution in [0.1, 0.15) is 30.4 Å². The summed E-state index contributed by atoms with van der Waals surface area (Å²) in [5.41, 5.74) is 1.01. The number of methoxy groups -OCH3 is 1. The van der Waals surface area contributed by atoms with Crippen molar-refractivity contribution in [1.82, 2.24) is 10.2 Å². The highest BCUT2D eigenvalue weighted by molar-refractivity contribution is 6.07. The van der Waals surface area contributed by atoms with E-state index in [1.54, 1.807) is 7.11 Å². The second-order valence-electron chi connectivity index (χ2n) is 7.18. The number of imide groups is 1. The van der Waals surface area contributed by atoms with Gasteiger partial charge >= 0.3 is 6.03 Å². The van der Waals surface area contributed by atoms with Crippen molar-refractivity contribution < 1.29 is 19.1 Å². The van der Waals surface area contributed by atoms with E-state index >= 15 is 0 Å². The molecule has 1 spiro atoms. The number of fused-ring (bicyclic) bond motifs is 2. The standard InChI is InChI=1S/C22H24N2O4/c1-27-18-10-11-19-16(15-18)7-5-12-22(19)20(25)24(21(26)23-22)13-6-14-28-17-8-3-2-4-9-17/h2-4,8-11,15H,5-7,12-14H2,1H3,(H,23,26)/t22-/m0/s1. The van der Waals surface area contributed by atoms with Crippen LogP contribution in [-0.2, 0) is 16.8 Å². The van der Waals surface area contributed by atoms with Gasteiger partial charge in [-0.3, -0.25) is 9.69 Å². The van der Waals surface area contributed by atoms with Gasteiger partial charge in [-0.1, -0.05) is 24.3 Å². The molecular weight excluding hydrogens is 356 g/mol. The van der Waals surface area contributed by atoms with E-state index in [4.69, 9.17) is 9.47 Å². The molecule has 4 rings (SSSR count). The van der Waals surface area contributed by atoms with Gasteiger partial charge < -0.3 is 14.8 Å². The van der Waals surface area contributed by atoms with E-state index in [1.165, 1.54) is 4.90 Å². The number of carbonyl (C=O) groups is 2. The summed E-state index contributed by atoms with van der Waals surface area (Å²) in [7, 11) is 1.63. The highest BCUT2D eigenvalue weighted by Gasteiger charge is 2.53. The zero-order valence-electron chi connectivity index (χ0n) is 15.9. The van der Waals surface area contributed by atoms with Crippen LogP contribution >= 0.6 is 0 Å². The quantitative estimate of drug-likeness (QED) is 0.617. The Morgan fingerprint density at radius 1 is 1.11 bits per heavy atom. The number of urea groups is 1. The summed E-state index contributed by atoms with van der Waals surface area (Å²) in [6, 6.07) is 14.9. The van der Waals surface area contributed by atoms with Crippen molar-refractivity contribution in [1.29, 1.82) is 0 Å². The van der Waals surface area contributed by atoms with Gasteiger partial charge in [0.15, 0.2) is 0 Å². The molecule has 6 nitrogen and oxygen atoms in total. The smallest absolute Gasteiger partial charge is 0.325 e. The van der Waals surface area contributed by atoms with E-state index in [1.807, 2.05) is 48.5 Å². The van der Waals surface area contributed by atoms with E-state index in [9.17, 15) is 9.59 Å². The van der Waals surface area contributed by atoms with Crippen LogP contribution in [-0.4, -0.2) is 37.1 Å². The van der Waals surface area contributed by atoms with Crippen molar-refractivity contribution in [3.05, 3.63) is 59.7 Å². The lowest BCUT2D eigenvalue weighted by Crippen LogP contribution is -2.46. The highest BCUT2D eigenvalue weighted by Crippen LogP contribution is 2.41. The van der Waals surface area contributed by atoms with E-state index < -0.39 is 5.54 Å². The number of hydrogen-bond acceptors (Lipinski definition) is 4. The summed E-state index contributed by atoms with van der Waals surface area (Å²) < 4.78 is 11.0. The largest absolute Gasteiger partial charge is 0.497 e. The number of amides is 3. The molecule has 2 aromatic rings. The van der Waals surface area contributed by atoms with Gasteiger partial charge in [0.05, 0.1) is 13.7 Å². The number of hydrogen-bond donors (Lipinski definition) is 1. The van der Waals surface area contributed by atoms with Gasteiger partial charge in [-0.15, -0.1) is 0 Å². The molecule has 1 saturated heterocycles. The molecule has 0 bridgehead atoms. The monoisotopic (exact) mass is 380 g/mol. The second kappa shape index (κ2) is 7.54. The van der Waals surface area contributed by atoms with E-state index in [2.05, 4.69) is 5.32 Å². The van der Waals surface area contributed by atoms with Crippen molar-refractivity contribution in [2.75, 3.05) is 20.3 Å². The van der Waals surface area contributed by atoms with Crippen molar-refractivity contribution in [2.45, 2.75) is 31.2 Å². The van der Waals surface area contributed by atoms with Crippen LogP contribution in [0.3, 0.4) is 0 Å². The number of rotatable bonds is 6. The summed E-state index contributed by atoms with van der Waals surface area (Å²) >= 11 is 0. The number of para-hydroxylation sites is 1. The normalized spacial score (nSPS) is 20.8. The van der Waals surface area contributed by atoms with Crippen molar-refractivity contribution in [3.8, 4) is 11.5 Å².